The molecule has 1 aliphatic rings. The fourth-order valence-electron chi connectivity index (χ4n) is 2.15. The van der Waals surface area contributed by atoms with Crippen LogP contribution in [0.15, 0.2) is 23.1 Å². The molecule has 2 N–H and O–H groups in total. The maximum Gasteiger partial charge on any atom is 0.241 e. The van der Waals surface area contributed by atoms with Crippen molar-refractivity contribution in [3.63, 3.8) is 0 Å². The quantitative estimate of drug-likeness (QED) is 0.852. The fourth-order valence-corrected chi connectivity index (χ4v) is 2.83. The van der Waals surface area contributed by atoms with Gasteiger partial charge in [0.15, 0.2) is 0 Å². The summed E-state index contributed by atoms with van der Waals surface area (Å²) in [4.78, 5) is 4.48. The number of hydrogen-bond acceptors (Lipinski definition) is 5. The highest BCUT2D eigenvalue weighted by Gasteiger charge is 2.19. The summed E-state index contributed by atoms with van der Waals surface area (Å²) in [5, 5.41) is 5.15. The highest BCUT2D eigenvalue weighted by atomic mass is 32.2. The minimum absolute atomic E-state index is 0.0212. The van der Waals surface area contributed by atoms with Crippen molar-refractivity contribution in [1.82, 2.24) is 4.90 Å². The van der Waals surface area contributed by atoms with Gasteiger partial charge in [-0.25, -0.2) is 13.6 Å². The maximum absolute atomic E-state index is 11.4. The van der Waals surface area contributed by atoms with E-state index in [0.29, 0.717) is 5.75 Å². The molecule has 1 saturated heterocycles. The summed E-state index contributed by atoms with van der Waals surface area (Å²) in [6.07, 6.45) is 0. The molecule has 1 aliphatic heterocycles. The second-order valence-corrected chi connectivity index (χ2v) is 6.20. The lowest BCUT2D eigenvalue weighted by molar-refractivity contribution is 0.312. The average molecular weight is 285 g/mol. The molecule has 0 aromatic heterocycles. The van der Waals surface area contributed by atoms with Crippen molar-refractivity contribution in [3.05, 3.63) is 18.2 Å². The van der Waals surface area contributed by atoms with Gasteiger partial charge >= 0.3 is 0 Å². The predicted molar refractivity (Wildman–Crippen MR) is 74.1 cm³/mol. The molecule has 0 aliphatic carbocycles. The van der Waals surface area contributed by atoms with Crippen LogP contribution in [0.25, 0.3) is 0 Å². The van der Waals surface area contributed by atoms with Crippen LogP contribution in [0.3, 0.4) is 0 Å². The first-order chi connectivity index (χ1) is 8.91. The maximum atomic E-state index is 11.4. The van der Waals surface area contributed by atoms with Crippen LogP contribution in [0.5, 0.6) is 5.75 Å². The largest absolute Gasteiger partial charge is 0.495 e. The molecule has 0 spiro atoms. The number of methoxy groups -OCH3 is 1. The van der Waals surface area contributed by atoms with E-state index in [1.807, 2.05) is 0 Å². The summed E-state index contributed by atoms with van der Waals surface area (Å²) in [7, 11) is -0.226. The summed E-state index contributed by atoms with van der Waals surface area (Å²) in [5.74, 6) is 0.291. The van der Waals surface area contributed by atoms with Gasteiger partial charge in [-0.3, -0.25) is 0 Å². The number of nitrogens with two attached hydrogens (primary N) is 1. The van der Waals surface area contributed by atoms with Crippen LogP contribution in [0.4, 0.5) is 5.69 Å². The first-order valence-electron chi connectivity index (χ1n) is 6.06. The lowest BCUT2D eigenvalue weighted by Gasteiger charge is -2.34. The van der Waals surface area contributed by atoms with Gasteiger partial charge in [-0.05, 0) is 19.2 Å². The molecule has 0 unspecified atom stereocenters. The Bertz CT molecular complexity index is 551. The van der Waals surface area contributed by atoms with Crippen molar-refractivity contribution in [1.29, 1.82) is 0 Å². The Labute approximate surface area is 113 Å². The predicted octanol–water partition coefficient (Wildman–Crippen LogP) is 0.0944. The molecule has 19 heavy (non-hydrogen) atoms. The minimum Gasteiger partial charge on any atom is -0.495 e. The molecule has 0 bridgehead atoms. The first kappa shape index (κ1) is 14.1. The molecular weight excluding hydrogens is 266 g/mol. The second-order valence-electron chi connectivity index (χ2n) is 4.67. The molecule has 2 rings (SSSR count). The van der Waals surface area contributed by atoms with Gasteiger partial charge in [-0.2, -0.15) is 0 Å². The van der Waals surface area contributed by atoms with E-state index >= 15 is 0 Å². The second kappa shape index (κ2) is 5.36. The zero-order chi connectivity index (χ0) is 14.0. The van der Waals surface area contributed by atoms with Crippen molar-refractivity contribution in [3.8, 4) is 5.75 Å². The molecule has 7 heteroatoms. The molecular formula is C12H19N3O3S. The summed E-state index contributed by atoms with van der Waals surface area (Å²) in [5.41, 5.74) is 0.956. The zero-order valence-corrected chi connectivity index (χ0v) is 12.0. The number of hydrogen-bond donors (Lipinski definition) is 1. The Kier molecular flexibility index (Phi) is 3.98. The topological polar surface area (TPSA) is 75.9 Å². The Balaban J connectivity index is 2.29. The number of benzene rings is 1. The first-order valence-corrected chi connectivity index (χ1v) is 7.61. The van der Waals surface area contributed by atoms with Gasteiger partial charge < -0.3 is 14.5 Å². The number of nitrogens with zero attached hydrogens (tertiary/aromatic N) is 2. The van der Waals surface area contributed by atoms with Crippen LogP contribution in [0, 0.1) is 0 Å². The Morgan fingerprint density at radius 2 is 1.84 bits per heavy atom. The van der Waals surface area contributed by atoms with E-state index in [1.165, 1.54) is 13.2 Å². The van der Waals surface area contributed by atoms with Crippen molar-refractivity contribution in [2.45, 2.75) is 4.90 Å². The standard InChI is InChI=1S/C12H19N3O3S/c1-14-5-7-15(8-6-14)10-3-4-12(19(13,16)17)11(9-10)18-2/h3-4,9H,5-8H2,1-2H3,(H2,13,16,17). The molecule has 0 saturated carbocycles. The van der Waals surface area contributed by atoms with Gasteiger partial charge in [0.2, 0.25) is 10.0 Å². The SMILES string of the molecule is COc1cc(N2CCN(C)CC2)ccc1S(N)(=O)=O. The molecule has 0 atom stereocenters. The molecule has 1 fully saturated rings. The van der Waals surface area contributed by atoms with E-state index in [1.54, 1.807) is 12.1 Å². The number of sulfonamides is 1. The molecule has 1 heterocycles. The summed E-state index contributed by atoms with van der Waals surface area (Å²) in [6.45, 7) is 3.79. The Morgan fingerprint density at radius 3 is 2.37 bits per heavy atom. The van der Waals surface area contributed by atoms with Crippen LogP contribution in [-0.4, -0.2) is 53.7 Å². The van der Waals surface area contributed by atoms with Crippen molar-refractivity contribution < 1.29 is 13.2 Å². The monoisotopic (exact) mass is 285 g/mol. The number of primary sulfonamides is 1. The normalized spacial score (nSPS) is 17.5. The molecule has 0 radical (unpaired) electrons. The van der Waals surface area contributed by atoms with Gasteiger partial charge in [0.25, 0.3) is 0 Å². The summed E-state index contributed by atoms with van der Waals surface area (Å²) >= 11 is 0. The third-order valence-corrected chi connectivity index (χ3v) is 4.27. The molecule has 0 amide bonds. The van der Waals surface area contributed by atoms with Crippen molar-refractivity contribution >= 4 is 15.7 Å². The van der Waals surface area contributed by atoms with Crippen LogP contribution in [0.1, 0.15) is 0 Å². The van der Waals surface area contributed by atoms with Gasteiger partial charge in [-0.1, -0.05) is 0 Å². The van der Waals surface area contributed by atoms with Gasteiger partial charge in [0.05, 0.1) is 7.11 Å². The number of likely N-dealkylation sites (N-methyl/N-ethyl adjacent to an activating group) is 1. The van der Waals surface area contributed by atoms with Crippen LogP contribution >= 0.6 is 0 Å². The number of piperazine rings is 1. The lowest BCUT2D eigenvalue weighted by Crippen LogP contribution is -2.44. The van der Waals surface area contributed by atoms with Gasteiger partial charge in [0, 0.05) is 37.9 Å². The van der Waals surface area contributed by atoms with E-state index in [9.17, 15) is 8.42 Å². The highest BCUT2D eigenvalue weighted by molar-refractivity contribution is 7.89. The molecule has 6 nitrogen and oxygen atoms in total. The van der Waals surface area contributed by atoms with E-state index in [-0.39, 0.29) is 4.90 Å². The number of anilines is 1. The fraction of sp³-hybridized carbons (Fsp3) is 0.500. The highest BCUT2D eigenvalue weighted by Crippen LogP contribution is 2.28. The average Bonchev–Trinajstić information content (AvgIpc) is 2.38. The minimum atomic E-state index is -3.75. The van der Waals surface area contributed by atoms with E-state index < -0.39 is 10.0 Å². The van der Waals surface area contributed by atoms with Crippen molar-refractivity contribution in [2.24, 2.45) is 5.14 Å². The summed E-state index contributed by atoms with van der Waals surface area (Å²) < 4.78 is 28.0. The van der Waals surface area contributed by atoms with E-state index in [4.69, 9.17) is 9.88 Å². The van der Waals surface area contributed by atoms with Crippen LogP contribution in [0.2, 0.25) is 0 Å². The Hall–Kier alpha value is -1.31. The van der Waals surface area contributed by atoms with Crippen LogP contribution < -0.4 is 14.8 Å². The smallest absolute Gasteiger partial charge is 0.241 e. The van der Waals surface area contributed by atoms with E-state index in [2.05, 4.69) is 16.8 Å². The van der Waals surface area contributed by atoms with Crippen LogP contribution in [-0.2, 0) is 10.0 Å². The Morgan fingerprint density at radius 1 is 1.21 bits per heavy atom. The number of ether oxygens (including phenoxy) is 1. The third-order valence-electron chi connectivity index (χ3n) is 3.32. The molecule has 106 valence electrons. The van der Waals surface area contributed by atoms with Gasteiger partial charge in [-0.15, -0.1) is 0 Å². The lowest BCUT2D eigenvalue weighted by atomic mass is 10.2. The van der Waals surface area contributed by atoms with E-state index in [0.717, 1.165) is 31.9 Å². The molecule has 1 aromatic carbocycles. The third kappa shape index (κ3) is 3.17. The zero-order valence-electron chi connectivity index (χ0n) is 11.2. The van der Waals surface area contributed by atoms with Gasteiger partial charge in [0.1, 0.15) is 10.6 Å². The number of rotatable bonds is 3. The van der Waals surface area contributed by atoms with Crippen molar-refractivity contribution in [2.75, 3.05) is 45.2 Å². The molecule has 1 aromatic rings. The summed E-state index contributed by atoms with van der Waals surface area (Å²) in [6, 6.07) is 5.00.